The van der Waals surface area contributed by atoms with Gasteiger partial charge in [-0.25, -0.2) is 0 Å². The van der Waals surface area contributed by atoms with Gasteiger partial charge in [-0.05, 0) is 36.5 Å². The largest absolute Gasteiger partial charge is 0.297 e. The van der Waals surface area contributed by atoms with Crippen molar-refractivity contribution in [2.45, 2.75) is 33.2 Å². The molecule has 3 aromatic rings. The molecular weight excluding hydrogens is 268 g/mol. The molecule has 0 aliphatic carbocycles. The topological polar surface area (TPSA) is 16.1 Å². The van der Waals surface area contributed by atoms with E-state index in [1.807, 2.05) is 6.20 Å². The lowest BCUT2D eigenvalue weighted by atomic mass is 9.94. The van der Waals surface area contributed by atoms with E-state index in [0.717, 1.165) is 25.0 Å². The fourth-order valence-corrected chi connectivity index (χ4v) is 3.55. The zero-order chi connectivity index (χ0) is 15.5. The molecular formula is C20H24N2. The van der Waals surface area contributed by atoms with Crippen molar-refractivity contribution in [2.75, 3.05) is 13.1 Å². The summed E-state index contributed by atoms with van der Waals surface area (Å²) >= 11 is 0. The Bertz CT molecular complexity index is 775. The van der Waals surface area contributed by atoms with Gasteiger partial charge in [0.25, 0.3) is 0 Å². The Kier molecular flexibility index (Phi) is 4.39. The number of benzene rings is 2. The molecule has 0 fully saturated rings. The van der Waals surface area contributed by atoms with Crippen LogP contribution in [0.15, 0.2) is 48.7 Å². The summed E-state index contributed by atoms with van der Waals surface area (Å²) in [6.07, 6.45) is 3.10. The number of hydrogen-bond donors (Lipinski definition) is 0. The highest BCUT2D eigenvalue weighted by molar-refractivity contribution is 6.07. The minimum atomic E-state index is 0.450. The van der Waals surface area contributed by atoms with Gasteiger partial charge >= 0.3 is 0 Å². The molecule has 0 aliphatic rings. The molecule has 1 unspecified atom stereocenters. The molecule has 0 saturated heterocycles. The maximum absolute atomic E-state index is 4.68. The van der Waals surface area contributed by atoms with Crippen LogP contribution in [-0.2, 0) is 0 Å². The third kappa shape index (κ3) is 2.48. The zero-order valence-corrected chi connectivity index (χ0v) is 13.7. The van der Waals surface area contributed by atoms with E-state index in [-0.39, 0.29) is 0 Å². The molecule has 0 amide bonds. The summed E-state index contributed by atoms with van der Waals surface area (Å²) < 4.78 is 0. The lowest BCUT2D eigenvalue weighted by Crippen LogP contribution is -2.28. The minimum absolute atomic E-state index is 0.450. The first-order chi connectivity index (χ1) is 10.8. The van der Waals surface area contributed by atoms with Gasteiger partial charge in [-0.1, -0.05) is 57.2 Å². The van der Waals surface area contributed by atoms with Gasteiger partial charge in [-0.15, -0.1) is 0 Å². The van der Waals surface area contributed by atoms with Crippen LogP contribution >= 0.6 is 0 Å². The predicted molar refractivity (Wildman–Crippen MR) is 95.2 cm³/mol. The van der Waals surface area contributed by atoms with Crippen LogP contribution in [0.25, 0.3) is 21.7 Å². The second kappa shape index (κ2) is 6.45. The van der Waals surface area contributed by atoms with E-state index in [2.05, 4.69) is 73.1 Å². The summed E-state index contributed by atoms with van der Waals surface area (Å²) in [5.41, 5.74) is 2.51. The van der Waals surface area contributed by atoms with Gasteiger partial charge in [0.2, 0.25) is 0 Å². The second-order valence-corrected chi connectivity index (χ2v) is 5.73. The summed E-state index contributed by atoms with van der Waals surface area (Å²) in [7, 11) is 0. The lowest BCUT2D eigenvalue weighted by Gasteiger charge is -2.30. The molecule has 0 aliphatic heterocycles. The molecule has 22 heavy (non-hydrogen) atoms. The van der Waals surface area contributed by atoms with Crippen LogP contribution in [-0.4, -0.2) is 23.0 Å². The molecule has 2 nitrogen and oxygen atoms in total. The SMILES string of the molecule is CCC(c1cccc2ncc3ccccc3c12)N(CC)CC. The first-order valence-corrected chi connectivity index (χ1v) is 8.30. The Balaban J connectivity index is 2.31. The summed E-state index contributed by atoms with van der Waals surface area (Å²) in [6, 6.07) is 15.6. The average Bonchev–Trinajstić information content (AvgIpc) is 2.59. The van der Waals surface area contributed by atoms with Crippen LogP contribution in [0.1, 0.15) is 38.8 Å². The number of fused-ring (bicyclic) bond motifs is 3. The maximum atomic E-state index is 4.68. The number of hydrogen-bond acceptors (Lipinski definition) is 2. The smallest absolute Gasteiger partial charge is 0.0711 e. The molecule has 0 N–H and O–H groups in total. The van der Waals surface area contributed by atoms with E-state index in [4.69, 9.17) is 0 Å². The maximum Gasteiger partial charge on any atom is 0.0711 e. The van der Waals surface area contributed by atoms with Gasteiger partial charge in [0.05, 0.1) is 5.52 Å². The van der Waals surface area contributed by atoms with E-state index in [1.165, 1.54) is 21.7 Å². The molecule has 2 heteroatoms. The first kappa shape index (κ1) is 15.0. The summed E-state index contributed by atoms with van der Waals surface area (Å²) in [5, 5.41) is 3.85. The molecule has 1 aromatic heterocycles. The van der Waals surface area contributed by atoms with Gasteiger partial charge in [0, 0.05) is 23.0 Å². The standard InChI is InChI=1S/C20H24N2/c1-4-19(22(5-2)6-3)17-12-9-13-18-20(17)16-11-8-7-10-15(16)14-21-18/h7-14,19H,4-6H2,1-3H3. The van der Waals surface area contributed by atoms with Crippen molar-refractivity contribution in [2.24, 2.45) is 0 Å². The monoisotopic (exact) mass is 292 g/mol. The van der Waals surface area contributed by atoms with Crippen molar-refractivity contribution in [1.82, 2.24) is 9.88 Å². The Morgan fingerprint density at radius 2 is 1.73 bits per heavy atom. The summed E-state index contributed by atoms with van der Waals surface area (Å²) in [6.45, 7) is 8.91. The van der Waals surface area contributed by atoms with E-state index in [1.54, 1.807) is 0 Å². The van der Waals surface area contributed by atoms with Crippen LogP contribution < -0.4 is 0 Å². The number of nitrogens with zero attached hydrogens (tertiary/aromatic N) is 2. The molecule has 114 valence electrons. The van der Waals surface area contributed by atoms with E-state index < -0.39 is 0 Å². The molecule has 1 atom stereocenters. The highest BCUT2D eigenvalue weighted by atomic mass is 15.1. The average molecular weight is 292 g/mol. The second-order valence-electron chi connectivity index (χ2n) is 5.73. The van der Waals surface area contributed by atoms with Gasteiger partial charge in [-0.3, -0.25) is 9.88 Å². The quantitative estimate of drug-likeness (QED) is 0.602. The Labute approximate surface area is 132 Å². The minimum Gasteiger partial charge on any atom is -0.297 e. The third-order valence-corrected chi connectivity index (χ3v) is 4.65. The van der Waals surface area contributed by atoms with Crippen molar-refractivity contribution in [3.05, 3.63) is 54.2 Å². The lowest BCUT2D eigenvalue weighted by molar-refractivity contribution is 0.214. The highest BCUT2D eigenvalue weighted by Gasteiger charge is 2.19. The van der Waals surface area contributed by atoms with Crippen LogP contribution in [0, 0.1) is 0 Å². The number of rotatable bonds is 5. The van der Waals surface area contributed by atoms with Crippen molar-refractivity contribution in [3.8, 4) is 0 Å². The number of aromatic nitrogens is 1. The molecule has 0 radical (unpaired) electrons. The Morgan fingerprint density at radius 3 is 2.45 bits per heavy atom. The predicted octanol–water partition coefficient (Wildman–Crippen LogP) is 5.18. The van der Waals surface area contributed by atoms with E-state index >= 15 is 0 Å². The fourth-order valence-electron chi connectivity index (χ4n) is 3.55. The van der Waals surface area contributed by atoms with Crippen LogP contribution in [0.4, 0.5) is 0 Å². The van der Waals surface area contributed by atoms with Gasteiger partial charge in [0.1, 0.15) is 0 Å². The summed E-state index contributed by atoms with van der Waals surface area (Å²) in [4.78, 5) is 7.22. The van der Waals surface area contributed by atoms with Crippen molar-refractivity contribution in [1.29, 1.82) is 0 Å². The third-order valence-electron chi connectivity index (χ3n) is 4.65. The highest BCUT2D eigenvalue weighted by Crippen LogP contribution is 2.34. The fraction of sp³-hybridized carbons (Fsp3) is 0.350. The first-order valence-electron chi connectivity index (χ1n) is 8.30. The molecule has 1 heterocycles. The zero-order valence-electron chi connectivity index (χ0n) is 13.7. The molecule has 0 bridgehead atoms. The summed E-state index contributed by atoms with van der Waals surface area (Å²) in [5.74, 6) is 0. The van der Waals surface area contributed by atoms with Crippen LogP contribution in [0.2, 0.25) is 0 Å². The van der Waals surface area contributed by atoms with Crippen LogP contribution in [0.3, 0.4) is 0 Å². The van der Waals surface area contributed by atoms with Crippen LogP contribution in [0.5, 0.6) is 0 Å². The number of pyridine rings is 1. The van der Waals surface area contributed by atoms with Gasteiger partial charge in [0.15, 0.2) is 0 Å². The van der Waals surface area contributed by atoms with Crippen molar-refractivity contribution < 1.29 is 0 Å². The van der Waals surface area contributed by atoms with Crippen molar-refractivity contribution in [3.63, 3.8) is 0 Å². The molecule has 3 rings (SSSR count). The Hall–Kier alpha value is -1.93. The van der Waals surface area contributed by atoms with E-state index in [0.29, 0.717) is 6.04 Å². The Morgan fingerprint density at radius 1 is 0.955 bits per heavy atom. The normalized spacial score (nSPS) is 13.1. The molecule has 2 aromatic carbocycles. The van der Waals surface area contributed by atoms with Crippen molar-refractivity contribution >= 4 is 21.7 Å². The van der Waals surface area contributed by atoms with Gasteiger partial charge in [-0.2, -0.15) is 0 Å². The molecule has 0 saturated carbocycles. The van der Waals surface area contributed by atoms with E-state index in [9.17, 15) is 0 Å². The van der Waals surface area contributed by atoms with Gasteiger partial charge < -0.3 is 0 Å². The molecule has 0 spiro atoms.